The average Bonchev–Trinajstić information content (AvgIpc) is 2.52. The van der Waals surface area contributed by atoms with Crippen LogP contribution >= 0.6 is 15.9 Å². The number of nitrogens with one attached hydrogen (secondary N) is 2. The first-order chi connectivity index (χ1) is 10.5. The zero-order valence-electron chi connectivity index (χ0n) is 12.1. The largest absolute Gasteiger partial charge is 0.463 e. The molecule has 0 aliphatic rings. The summed E-state index contributed by atoms with van der Waals surface area (Å²) in [5.74, 6) is -0.949. The topological polar surface area (TPSA) is 88.4 Å². The maximum Gasteiger partial charge on any atom is 0.259 e. The molecule has 0 saturated carbocycles. The van der Waals surface area contributed by atoms with Crippen LogP contribution in [0.2, 0.25) is 0 Å². The third kappa shape index (κ3) is 3.19. The highest BCUT2D eigenvalue weighted by atomic mass is 79.9. The van der Waals surface area contributed by atoms with Crippen molar-refractivity contribution in [1.82, 2.24) is 10.6 Å². The number of amides is 2. The molecule has 0 radical (unpaired) electrons. The van der Waals surface area contributed by atoms with Gasteiger partial charge in [0.05, 0.1) is 5.39 Å². The van der Waals surface area contributed by atoms with E-state index in [9.17, 15) is 14.4 Å². The van der Waals surface area contributed by atoms with Crippen molar-refractivity contribution >= 4 is 38.7 Å². The molecule has 0 unspecified atom stereocenters. The normalized spacial score (nSPS) is 12.0. The van der Waals surface area contributed by atoms with Crippen molar-refractivity contribution in [2.24, 2.45) is 0 Å². The van der Waals surface area contributed by atoms with Gasteiger partial charge in [-0.15, -0.1) is 0 Å². The summed E-state index contributed by atoms with van der Waals surface area (Å²) in [6.07, 6.45) is 1.53. The molecule has 22 heavy (non-hydrogen) atoms. The molecular formula is C15H15BrN2O4. The van der Waals surface area contributed by atoms with E-state index in [2.05, 4.69) is 26.6 Å². The van der Waals surface area contributed by atoms with Crippen LogP contribution in [0.25, 0.3) is 11.0 Å². The van der Waals surface area contributed by atoms with Crippen LogP contribution in [0.3, 0.4) is 0 Å². The van der Waals surface area contributed by atoms with E-state index in [1.54, 1.807) is 25.1 Å². The van der Waals surface area contributed by atoms with Gasteiger partial charge in [-0.1, -0.05) is 22.9 Å². The number of hydrogen-bond donors (Lipinski definition) is 2. The Morgan fingerprint density at radius 3 is 2.73 bits per heavy atom. The van der Waals surface area contributed by atoms with Crippen LogP contribution in [0, 0.1) is 0 Å². The van der Waals surface area contributed by atoms with Gasteiger partial charge in [0.15, 0.2) is 0 Å². The molecule has 6 nitrogen and oxygen atoms in total. The second kappa shape index (κ2) is 6.74. The van der Waals surface area contributed by atoms with Crippen LogP contribution < -0.4 is 16.1 Å². The minimum atomic E-state index is -0.699. The zero-order chi connectivity index (χ0) is 16.3. The summed E-state index contributed by atoms with van der Waals surface area (Å²) in [7, 11) is 1.49. The fourth-order valence-corrected chi connectivity index (χ4v) is 2.38. The Morgan fingerprint density at radius 1 is 1.36 bits per heavy atom. The number of hydrogen-bond acceptors (Lipinski definition) is 4. The summed E-state index contributed by atoms with van der Waals surface area (Å²) in [5.41, 5.74) is -0.178. The molecule has 116 valence electrons. The quantitative estimate of drug-likeness (QED) is 0.863. The molecule has 0 aliphatic heterocycles. The fraction of sp³-hybridized carbons (Fsp3) is 0.267. The number of halogens is 1. The number of carbonyl (C=O) groups is 2. The lowest BCUT2D eigenvalue weighted by molar-refractivity contribution is -0.122. The van der Waals surface area contributed by atoms with Crippen molar-refractivity contribution < 1.29 is 14.0 Å². The van der Waals surface area contributed by atoms with Gasteiger partial charge in [-0.25, -0.2) is 0 Å². The summed E-state index contributed by atoms with van der Waals surface area (Å²) >= 11 is 3.27. The van der Waals surface area contributed by atoms with Crippen molar-refractivity contribution in [3.05, 3.63) is 44.7 Å². The maximum absolute atomic E-state index is 12.4. The molecule has 7 heteroatoms. The molecule has 1 atom stereocenters. The molecule has 2 amide bonds. The van der Waals surface area contributed by atoms with Crippen LogP contribution in [0.5, 0.6) is 0 Å². The molecule has 2 N–H and O–H groups in total. The van der Waals surface area contributed by atoms with Gasteiger partial charge in [-0.05, 0) is 24.6 Å². The van der Waals surface area contributed by atoms with Crippen molar-refractivity contribution in [2.75, 3.05) is 7.05 Å². The Balaban J connectivity index is 2.38. The number of rotatable bonds is 4. The number of likely N-dealkylation sites (N-methyl/N-ethyl adjacent to an activating group) is 1. The molecule has 1 heterocycles. The summed E-state index contributed by atoms with van der Waals surface area (Å²) in [6, 6.07) is 4.27. The van der Waals surface area contributed by atoms with Crippen LogP contribution in [-0.2, 0) is 4.79 Å². The van der Waals surface area contributed by atoms with E-state index in [-0.39, 0.29) is 11.5 Å². The minimum absolute atomic E-state index is 0.132. The monoisotopic (exact) mass is 366 g/mol. The highest BCUT2D eigenvalue weighted by Gasteiger charge is 2.21. The highest BCUT2D eigenvalue weighted by molar-refractivity contribution is 9.10. The first-order valence-electron chi connectivity index (χ1n) is 6.71. The SMILES string of the molecule is CC[C@@H](NC(=O)c1coc2ccc(Br)cc2c1=O)C(=O)NC. The van der Waals surface area contributed by atoms with Crippen LogP contribution in [-0.4, -0.2) is 24.9 Å². The van der Waals surface area contributed by atoms with E-state index in [1.165, 1.54) is 7.05 Å². The van der Waals surface area contributed by atoms with Gasteiger partial charge in [0.1, 0.15) is 23.5 Å². The molecule has 2 rings (SSSR count). The average molecular weight is 367 g/mol. The predicted octanol–water partition coefficient (Wildman–Crippen LogP) is 1.81. The third-order valence-corrected chi connectivity index (χ3v) is 3.75. The molecule has 0 bridgehead atoms. The second-order valence-electron chi connectivity index (χ2n) is 4.67. The second-order valence-corrected chi connectivity index (χ2v) is 5.58. The van der Waals surface area contributed by atoms with Gasteiger partial charge >= 0.3 is 0 Å². The van der Waals surface area contributed by atoms with Crippen molar-refractivity contribution in [1.29, 1.82) is 0 Å². The molecule has 0 spiro atoms. The minimum Gasteiger partial charge on any atom is -0.463 e. The molecule has 1 aromatic carbocycles. The number of carbonyl (C=O) groups excluding carboxylic acids is 2. The maximum atomic E-state index is 12.4. The number of fused-ring (bicyclic) bond motifs is 1. The Bertz CT molecular complexity index is 785. The standard InChI is InChI=1S/C15H15BrN2O4/c1-3-11(15(21)17-2)18-14(20)10-7-22-12-5-4-8(16)6-9(12)13(10)19/h4-7,11H,3H2,1-2H3,(H,17,21)(H,18,20)/t11-/m1/s1. The van der Waals surface area contributed by atoms with Gasteiger partial charge in [0.2, 0.25) is 11.3 Å². The summed E-state index contributed by atoms with van der Waals surface area (Å²) in [6.45, 7) is 1.76. The van der Waals surface area contributed by atoms with Gasteiger partial charge in [0.25, 0.3) is 5.91 Å². The van der Waals surface area contributed by atoms with Gasteiger partial charge < -0.3 is 15.1 Å². The Hall–Kier alpha value is -2.15. The zero-order valence-corrected chi connectivity index (χ0v) is 13.7. The van der Waals surface area contributed by atoms with Gasteiger partial charge in [0, 0.05) is 11.5 Å². The van der Waals surface area contributed by atoms with E-state index in [4.69, 9.17) is 4.42 Å². The fourth-order valence-electron chi connectivity index (χ4n) is 2.02. The van der Waals surface area contributed by atoms with Crippen molar-refractivity contribution in [2.45, 2.75) is 19.4 Å². The summed E-state index contributed by atoms with van der Waals surface area (Å²) in [5, 5.41) is 5.30. The Kier molecular flexibility index (Phi) is 4.97. The van der Waals surface area contributed by atoms with E-state index in [0.717, 1.165) is 6.26 Å². The highest BCUT2D eigenvalue weighted by Crippen LogP contribution is 2.17. The molecule has 0 fully saturated rings. The van der Waals surface area contributed by atoms with Crippen molar-refractivity contribution in [3.8, 4) is 0 Å². The molecular weight excluding hydrogens is 352 g/mol. The van der Waals surface area contributed by atoms with E-state index >= 15 is 0 Å². The Labute approximate surface area is 135 Å². The molecule has 2 aromatic rings. The summed E-state index contributed by atoms with van der Waals surface area (Å²) < 4.78 is 6.03. The molecule has 1 aromatic heterocycles. The van der Waals surface area contributed by atoms with Crippen molar-refractivity contribution in [3.63, 3.8) is 0 Å². The smallest absolute Gasteiger partial charge is 0.259 e. The van der Waals surface area contributed by atoms with Crippen LogP contribution in [0.15, 0.2) is 38.1 Å². The van der Waals surface area contributed by atoms with Gasteiger partial charge in [-0.3, -0.25) is 14.4 Å². The van der Waals surface area contributed by atoms with Crippen LogP contribution in [0.4, 0.5) is 0 Å². The van der Waals surface area contributed by atoms with E-state index in [0.29, 0.717) is 21.9 Å². The first-order valence-corrected chi connectivity index (χ1v) is 7.50. The van der Waals surface area contributed by atoms with Crippen LogP contribution in [0.1, 0.15) is 23.7 Å². The molecule has 0 saturated heterocycles. The number of benzene rings is 1. The lowest BCUT2D eigenvalue weighted by Crippen LogP contribution is -2.46. The first kappa shape index (κ1) is 16.2. The summed E-state index contributed by atoms with van der Waals surface area (Å²) in [4.78, 5) is 36.2. The predicted molar refractivity (Wildman–Crippen MR) is 85.8 cm³/mol. The lowest BCUT2D eigenvalue weighted by atomic mass is 10.1. The van der Waals surface area contributed by atoms with E-state index in [1.807, 2.05) is 0 Å². The lowest BCUT2D eigenvalue weighted by Gasteiger charge is -2.14. The van der Waals surface area contributed by atoms with Gasteiger partial charge in [-0.2, -0.15) is 0 Å². The van der Waals surface area contributed by atoms with E-state index < -0.39 is 17.4 Å². The molecule has 0 aliphatic carbocycles. The third-order valence-electron chi connectivity index (χ3n) is 3.26. The Morgan fingerprint density at radius 2 is 2.09 bits per heavy atom.